The van der Waals surface area contributed by atoms with Crippen LogP contribution in [0.15, 0.2) is 36.5 Å². The third-order valence-electron chi connectivity index (χ3n) is 5.06. The number of hydrogen-bond acceptors (Lipinski definition) is 8. The van der Waals surface area contributed by atoms with E-state index >= 15 is 0 Å². The van der Waals surface area contributed by atoms with Crippen molar-refractivity contribution in [3.63, 3.8) is 0 Å². The standard InChI is InChI=1S/C22H22F2N8O2/c1-3-31(22(33)34-4-2)18-19(25)28-21(29-20(18)26)32-16-10-13(23)11-27-17(16)15(30-32)9-12-7-5-6-8-14(12)24/h5-8,10-11H,3-4,9H2,1-2H3,(H4,25,26,28,29). The quantitative estimate of drug-likeness (QED) is 0.440. The molecule has 12 heteroatoms. The average molecular weight is 468 g/mol. The monoisotopic (exact) mass is 468 g/mol. The van der Waals surface area contributed by atoms with E-state index in [2.05, 4.69) is 20.1 Å². The number of nitrogens with zero attached hydrogens (tertiary/aromatic N) is 6. The van der Waals surface area contributed by atoms with Crippen molar-refractivity contribution in [1.82, 2.24) is 24.7 Å². The summed E-state index contributed by atoms with van der Waals surface area (Å²) < 4.78 is 34.6. The third kappa shape index (κ3) is 4.17. The summed E-state index contributed by atoms with van der Waals surface area (Å²) >= 11 is 0. The number of carbonyl (C=O) groups is 1. The maximum Gasteiger partial charge on any atom is 0.414 e. The summed E-state index contributed by atoms with van der Waals surface area (Å²) in [6.45, 7) is 3.76. The van der Waals surface area contributed by atoms with Crippen LogP contribution in [-0.4, -0.2) is 44.0 Å². The molecule has 0 fully saturated rings. The van der Waals surface area contributed by atoms with Crippen LogP contribution in [0.2, 0.25) is 0 Å². The first-order chi connectivity index (χ1) is 16.3. The molecule has 0 aliphatic rings. The molecule has 4 rings (SSSR count). The molecule has 34 heavy (non-hydrogen) atoms. The van der Waals surface area contributed by atoms with Crippen LogP contribution < -0.4 is 16.4 Å². The normalized spacial score (nSPS) is 11.1. The van der Waals surface area contributed by atoms with Gasteiger partial charge in [0.1, 0.15) is 22.8 Å². The summed E-state index contributed by atoms with van der Waals surface area (Å²) in [5.41, 5.74) is 13.7. The molecule has 0 bridgehead atoms. The van der Waals surface area contributed by atoms with Crippen LogP contribution in [0.25, 0.3) is 17.0 Å². The Kier molecular flexibility index (Phi) is 6.21. The van der Waals surface area contributed by atoms with Crippen LogP contribution in [0, 0.1) is 11.6 Å². The lowest BCUT2D eigenvalue weighted by Crippen LogP contribution is -2.33. The topological polar surface area (TPSA) is 138 Å². The van der Waals surface area contributed by atoms with Gasteiger partial charge in [-0.05, 0) is 25.5 Å². The predicted molar refractivity (Wildman–Crippen MR) is 122 cm³/mol. The Hall–Kier alpha value is -4.35. The zero-order valence-electron chi connectivity index (χ0n) is 18.5. The zero-order chi connectivity index (χ0) is 24.4. The van der Waals surface area contributed by atoms with Crippen molar-refractivity contribution in [2.24, 2.45) is 0 Å². The minimum Gasteiger partial charge on any atom is -0.449 e. The number of fused-ring (bicyclic) bond motifs is 1. The molecule has 0 radical (unpaired) electrons. The van der Waals surface area contributed by atoms with Crippen LogP contribution in [0.1, 0.15) is 25.1 Å². The van der Waals surface area contributed by atoms with E-state index < -0.39 is 17.7 Å². The number of nitrogen functional groups attached to an aromatic ring is 2. The summed E-state index contributed by atoms with van der Waals surface area (Å²) in [6.07, 6.45) is 0.497. The minimum atomic E-state index is -0.650. The highest BCUT2D eigenvalue weighted by Gasteiger charge is 2.25. The number of aromatic nitrogens is 5. The number of benzene rings is 1. The van der Waals surface area contributed by atoms with Crippen molar-refractivity contribution in [1.29, 1.82) is 0 Å². The number of hydrogen-bond donors (Lipinski definition) is 2. The Labute approximate surface area is 193 Å². The number of rotatable bonds is 6. The van der Waals surface area contributed by atoms with Gasteiger partial charge < -0.3 is 16.2 Å². The van der Waals surface area contributed by atoms with E-state index in [1.54, 1.807) is 32.0 Å². The van der Waals surface area contributed by atoms with Crippen molar-refractivity contribution >= 4 is 34.4 Å². The van der Waals surface area contributed by atoms with E-state index in [4.69, 9.17) is 16.2 Å². The summed E-state index contributed by atoms with van der Waals surface area (Å²) in [6, 6.07) is 7.46. The van der Waals surface area contributed by atoms with Crippen LogP contribution in [0.4, 0.5) is 30.9 Å². The Bertz CT molecular complexity index is 1350. The third-order valence-corrected chi connectivity index (χ3v) is 5.06. The van der Waals surface area contributed by atoms with Crippen molar-refractivity contribution in [3.05, 3.63) is 59.4 Å². The fourth-order valence-electron chi connectivity index (χ4n) is 3.56. The summed E-state index contributed by atoms with van der Waals surface area (Å²) in [5, 5.41) is 4.46. The fourth-order valence-corrected chi connectivity index (χ4v) is 3.56. The molecule has 0 spiro atoms. The lowest BCUT2D eigenvalue weighted by molar-refractivity contribution is 0.160. The zero-order valence-corrected chi connectivity index (χ0v) is 18.5. The molecule has 0 aliphatic carbocycles. The molecule has 3 aromatic heterocycles. The number of anilines is 3. The average Bonchev–Trinajstić information content (AvgIpc) is 3.15. The van der Waals surface area contributed by atoms with Gasteiger partial charge in [-0.1, -0.05) is 18.2 Å². The Balaban J connectivity index is 1.83. The maximum absolute atomic E-state index is 14.2. The number of carbonyl (C=O) groups excluding carboxylic acids is 1. The second-order valence-corrected chi connectivity index (χ2v) is 7.23. The first kappa shape index (κ1) is 22.8. The molecule has 176 valence electrons. The lowest BCUT2D eigenvalue weighted by Gasteiger charge is -2.22. The molecule has 1 aromatic carbocycles. The van der Waals surface area contributed by atoms with Crippen LogP contribution >= 0.6 is 0 Å². The molecule has 4 N–H and O–H groups in total. The fraction of sp³-hybridized carbons (Fsp3) is 0.227. The number of ether oxygens (including phenoxy) is 1. The van der Waals surface area contributed by atoms with E-state index in [0.717, 1.165) is 6.20 Å². The highest BCUT2D eigenvalue weighted by atomic mass is 19.1. The van der Waals surface area contributed by atoms with Crippen LogP contribution in [0.3, 0.4) is 0 Å². The van der Waals surface area contributed by atoms with Crippen molar-refractivity contribution in [3.8, 4) is 5.95 Å². The molecule has 0 saturated carbocycles. The first-order valence-electron chi connectivity index (χ1n) is 10.5. The number of nitrogens with two attached hydrogens (primary N) is 2. The number of pyridine rings is 1. The van der Waals surface area contributed by atoms with Gasteiger partial charge in [-0.25, -0.2) is 18.6 Å². The summed E-state index contributed by atoms with van der Waals surface area (Å²) in [7, 11) is 0. The second kappa shape index (κ2) is 9.25. The van der Waals surface area contributed by atoms with Gasteiger partial charge in [0.05, 0.1) is 24.0 Å². The second-order valence-electron chi connectivity index (χ2n) is 7.23. The molecular weight excluding hydrogens is 446 g/mol. The predicted octanol–water partition coefficient (Wildman–Crippen LogP) is 3.23. The molecule has 0 atom stereocenters. The van der Waals surface area contributed by atoms with Gasteiger partial charge in [0, 0.05) is 19.0 Å². The summed E-state index contributed by atoms with van der Waals surface area (Å²) in [4.78, 5) is 26.1. The largest absolute Gasteiger partial charge is 0.449 e. The van der Waals surface area contributed by atoms with Gasteiger partial charge in [-0.2, -0.15) is 19.7 Å². The van der Waals surface area contributed by atoms with Gasteiger partial charge in [0.2, 0.25) is 0 Å². The first-order valence-corrected chi connectivity index (χ1v) is 10.5. The van der Waals surface area contributed by atoms with Crippen molar-refractivity contribution in [2.75, 3.05) is 29.5 Å². The van der Waals surface area contributed by atoms with E-state index in [9.17, 15) is 13.6 Å². The summed E-state index contributed by atoms with van der Waals surface area (Å²) in [5.74, 6) is -1.26. The lowest BCUT2D eigenvalue weighted by atomic mass is 10.1. The Morgan fingerprint density at radius 1 is 1.15 bits per heavy atom. The van der Waals surface area contributed by atoms with E-state index in [1.807, 2.05) is 0 Å². The van der Waals surface area contributed by atoms with Gasteiger partial charge in [-0.3, -0.25) is 4.90 Å². The molecule has 0 unspecified atom stereocenters. The van der Waals surface area contributed by atoms with E-state index in [0.29, 0.717) is 16.8 Å². The highest BCUT2D eigenvalue weighted by Crippen LogP contribution is 2.30. The smallest absolute Gasteiger partial charge is 0.414 e. The molecule has 10 nitrogen and oxygen atoms in total. The molecule has 0 saturated heterocycles. The van der Waals surface area contributed by atoms with Gasteiger partial charge in [0.25, 0.3) is 5.95 Å². The highest BCUT2D eigenvalue weighted by molar-refractivity contribution is 5.95. The minimum absolute atomic E-state index is 0.0594. The molecule has 4 aromatic rings. The van der Waals surface area contributed by atoms with Crippen LogP contribution in [0.5, 0.6) is 0 Å². The van der Waals surface area contributed by atoms with Crippen molar-refractivity contribution in [2.45, 2.75) is 20.3 Å². The number of amides is 1. The van der Waals surface area contributed by atoms with Gasteiger partial charge >= 0.3 is 6.09 Å². The van der Waals surface area contributed by atoms with Gasteiger partial charge in [-0.15, -0.1) is 0 Å². The van der Waals surface area contributed by atoms with E-state index in [-0.39, 0.29) is 48.4 Å². The van der Waals surface area contributed by atoms with Crippen molar-refractivity contribution < 1.29 is 18.3 Å². The Morgan fingerprint density at radius 3 is 2.50 bits per heavy atom. The maximum atomic E-state index is 14.2. The molecule has 1 amide bonds. The van der Waals surface area contributed by atoms with Crippen LogP contribution in [-0.2, 0) is 11.2 Å². The molecular formula is C22H22F2N8O2. The van der Waals surface area contributed by atoms with Gasteiger partial charge in [0.15, 0.2) is 11.6 Å². The SMILES string of the molecule is CCOC(=O)N(CC)c1c(N)nc(-n2nc(Cc3ccccc3F)c3ncc(F)cc32)nc1N. The molecule has 0 aliphatic heterocycles. The molecule has 3 heterocycles. The van der Waals surface area contributed by atoms with E-state index in [1.165, 1.54) is 21.7 Å². The Morgan fingerprint density at radius 2 is 1.85 bits per heavy atom. The number of halogens is 2.